The molecule has 0 saturated carbocycles. The number of hydrogen-bond acceptors (Lipinski definition) is 4. The van der Waals surface area contributed by atoms with Gasteiger partial charge in [-0.05, 0) is 42.4 Å². The fraction of sp³-hybridized carbons (Fsp3) is 0.864. The number of ether oxygens (including phenoxy) is 1. The molecule has 4 nitrogen and oxygen atoms in total. The number of carbonyl (C=O) groups excluding carboxylic acids is 1. The Kier molecular flexibility index (Phi) is 8.81. The highest BCUT2D eigenvalue weighted by Gasteiger charge is 2.43. The number of esters is 1. The second kappa shape index (κ2) is 9.89. The van der Waals surface area contributed by atoms with E-state index in [0.29, 0.717) is 30.7 Å². The normalized spacial score (nSPS) is 22.9. The van der Waals surface area contributed by atoms with Crippen molar-refractivity contribution >= 4 is 5.97 Å². The van der Waals surface area contributed by atoms with Crippen molar-refractivity contribution < 1.29 is 14.6 Å². The van der Waals surface area contributed by atoms with Crippen LogP contribution in [0.15, 0.2) is 11.6 Å². The SMILES string of the molecule is CC(C)CC(C/C=C1/CC(CO)(CNCC(C)(C)C)OC1=O)CC(C)C. The number of aliphatic hydroxyl groups excluding tert-OH is 1. The molecule has 26 heavy (non-hydrogen) atoms. The quantitative estimate of drug-likeness (QED) is 0.446. The van der Waals surface area contributed by atoms with E-state index in [9.17, 15) is 9.90 Å². The van der Waals surface area contributed by atoms with Crippen LogP contribution in [0, 0.1) is 23.2 Å². The number of rotatable bonds is 10. The van der Waals surface area contributed by atoms with E-state index >= 15 is 0 Å². The first-order valence-corrected chi connectivity index (χ1v) is 10.2. The van der Waals surface area contributed by atoms with Crippen LogP contribution in [0.1, 0.15) is 74.1 Å². The molecule has 152 valence electrons. The number of allylic oxidation sites excluding steroid dienone is 1. The van der Waals surface area contributed by atoms with E-state index < -0.39 is 5.60 Å². The summed E-state index contributed by atoms with van der Waals surface area (Å²) in [5.41, 5.74) is 0.0765. The Bertz CT molecular complexity index is 466. The van der Waals surface area contributed by atoms with Gasteiger partial charge in [-0.25, -0.2) is 4.79 Å². The molecule has 1 fully saturated rings. The van der Waals surface area contributed by atoms with E-state index in [4.69, 9.17) is 4.74 Å². The molecule has 0 amide bonds. The highest BCUT2D eigenvalue weighted by atomic mass is 16.6. The summed E-state index contributed by atoms with van der Waals surface area (Å²) in [5.74, 6) is 1.65. The number of hydrogen-bond donors (Lipinski definition) is 2. The van der Waals surface area contributed by atoms with Crippen LogP contribution in [0.4, 0.5) is 0 Å². The van der Waals surface area contributed by atoms with Gasteiger partial charge in [0.2, 0.25) is 0 Å². The molecule has 2 N–H and O–H groups in total. The third-order valence-corrected chi connectivity index (χ3v) is 4.78. The molecule has 0 aromatic heterocycles. The largest absolute Gasteiger partial charge is 0.452 e. The average molecular weight is 368 g/mol. The summed E-state index contributed by atoms with van der Waals surface area (Å²) < 4.78 is 5.60. The first-order valence-electron chi connectivity index (χ1n) is 10.2. The highest BCUT2D eigenvalue weighted by molar-refractivity contribution is 5.91. The Hall–Kier alpha value is -0.870. The zero-order valence-corrected chi connectivity index (χ0v) is 18.0. The fourth-order valence-electron chi connectivity index (χ4n) is 3.71. The second-order valence-electron chi connectivity index (χ2n) is 10.2. The summed E-state index contributed by atoms with van der Waals surface area (Å²) >= 11 is 0. The van der Waals surface area contributed by atoms with Gasteiger partial charge in [-0.1, -0.05) is 54.5 Å². The van der Waals surface area contributed by atoms with Gasteiger partial charge in [-0.15, -0.1) is 0 Å². The van der Waals surface area contributed by atoms with E-state index in [1.807, 2.05) is 0 Å². The summed E-state index contributed by atoms with van der Waals surface area (Å²) in [4.78, 5) is 12.3. The van der Waals surface area contributed by atoms with Crippen LogP contribution >= 0.6 is 0 Å². The van der Waals surface area contributed by atoms with Crippen molar-refractivity contribution in [2.75, 3.05) is 19.7 Å². The van der Waals surface area contributed by atoms with E-state index in [1.165, 1.54) is 12.8 Å². The summed E-state index contributed by atoms with van der Waals surface area (Å²) in [6.45, 7) is 16.6. The molecule has 0 aromatic carbocycles. The fourth-order valence-corrected chi connectivity index (χ4v) is 3.71. The zero-order chi connectivity index (χ0) is 20.0. The first-order chi connectivity index (χ1) is 12.0. The number of carbonyl (C=O) groups is 1. The van der Waals surface area contributed by atoms with Crippen LogP contribution in [0.2, 0.25) is 0 Å². The molecule has 0 bridgehead atoms. The maximum Gasteiger partial charge on any atom is 0.334 e. The van der Waals surface area contributed by atoms with Gasteiger partial charge in [-0.2, -0.15) is 0 Å². The van der Waals surface area contributed by atoms with Crippen LogP contribution in [-0.4, -0.2) is 36.4 Å². The van der Waals surface area contributed by atoms with Crippen molar-refractivity contribution in [3.8, 4) is 0 Å². The predicted octanol–water partition coefficient (Wildman–Crippen LogP) is 4.33. The minimum Gasteiger partial charge on any atom is -0.452 e. The molecule has 1 aliphatic heterocycles. The lowest BCUT2D eigenvalue weighted by atomic mass is 9.86. The third-order valence-electron chi connectivity index (χ3n) is 4.78. The van der Waals surface area contributed by atoms with E-state index in [2.05, 4.69) is 59.9 Å². The minimum absolute atomic E-state index is 0.144. The summed E-state index contributed by atoms with van der Waals surface area (Å²) in [5, 5.41) is 13.2. The molecule has 4 heteroatoms. The number of cyclic esters (lactones) is 1. The molecule has 1 rings (SSSR count). The highest BCUT2D eigenvalue weighted by Crippen LogP contribution is 2.32. The van der Waals surface area contributed by atoms with Crippen molar-refractivity contribution in [1.29, 1.82) is 0 Å². The molecule has 1 atom stereocenters. The lowest BCUT2D eigenvalue weighted by Crippen LogP contribution is -2.45. The Morgan fingerprint density at radius 1 is 1.19 bits per heavy atom. The van der Waals surface area contributed by atoms with Crippen molar-refractivity contribution in [2.24, 2.45) is 23.2 Å². The van der Waals surface area contributed by atoms with E-state index in [1.54, 1.807) is 0 Å². The van der Waals surface area contributed by atoms with Crippen molar-refractivity contribution in [3.05, 3.63) is 11.6 Å². The topological polar surface area (TPSA) is 58.6 Å². The predicted molar refractivity (Wildman–Crippen MR) is 108 cm³/mol. The van der Waals surface area contributed by atoms with Gasteiger partial charge in [0.05, 0.1) is 6.61 Å². The minimum atomic E-state index is -0.806. The van der Waals surface area contributed by atoms with Crippen molar-refractivity contribution in [2.45, 2.75) is 79.8 Å². The standard InChI is InChI=1S/C22H41NO3/c1-16(2)10-18(11-17(3)4)8-9-19-12-22(15-24,26-20(19)25)14-23-13-21(5,6)7/h9,16-18,23-24H,8,10-15H2,1-7H3/b19-9-. The van der Waals surface area contributed by atoms with Crippen LogP contribution < -0.4 is 5.32 Å². The molecule has 0 aromatic rings. The van der Waals surface area contributed by atoms with Crippen molar-refractivity contribution in [3.63, 3.8) is 0 Å². The smallest absolute Gasteiger partial charge is 0.334 e. The third kappa shape index (κ3) is 8.22. The Labute approximate surface area is 160 Å². The van der Waals surface area contributed by atoms with Crippen LogP contribution in [-0.2, 0) is 9.53 Å². The van der Waals surface area contributed by atoms with E-state index in [0.717, 1.165) is 18.5 Å². The molecule has 1 unspecified atom stereocenters. The molecule has 0 spiro atoms. The van der Waals surface area contributed by atoms with Crippen molar-refractivity contribution in [1.82, 2.24) is 5.32 Å². The van der Waals surface area contributed by atoms with Gasteiger partial charge >= 0.3 is 5.97 Å². The van der Waals surface area contributed by atoms with Gasteiger partial charge in [-0.3, -0.25) is 0 Å². The first kappa shape index (κ1) is 23.2. The Balaban J connectivity index is 2.71. The summed E-state index contributed by atoms with van der Waals surface area (Å²) in [6.07, 6.45) is 5.83. The molecule has 0 aliphatic carbocycles. The van der Waals surface area contributed by atoms with Crippen LogP contribution in [0.25, 0.3) is 0 Å². The molecule has 1 aliphatic rings. The number of nitrogens with one attached hydrogen (secondary N) is 1. The van der Waals surface area contributed by atoms with Gasteiger partial charge in [0, 0.05) is 25.1 Å². The molecule has 1 heterocycles. The number of aliphatic hydroxyl groups is 1. The average Bonchev–Trinajstić information content (AvgIpc) is 2.79. The molecule has 0 radical (unpaired) electrons. The monoisotopic (exact) mass is 367 g/mol. The zero-order valence-electron chi connectivity index (χ0n) is 18.0. The molecular weight excluding hydrogens is 326 g/mol. The molecular formula is C22H41NO3. The summed E-state index contributed by atoms with van der Waals surface area (Å²) in [7, 11) is 0. The lowest BCUT2D eigenvalue weighted by Gasteiger charge is -2.27. The Morgan fingerprint density at radius 3 is 2.23 bits per heavy atom. The molecule has 1 saturated heterocycles. The van der Waals surface area contributed by atoms with Gasteiger partial charge in [0.15, 0.2) is 5.60 Å². The maximum atomic E-state index is 12.3. The maximum absolute atomic E-state index is 12.3. The second-order valence-corrected chi connectivity index (χ2v) is 10.2. The van der Waals surface area contributed by atoms with Gasteiger partial charge in [0.25, 0.3) is 0 Å². The van der Waals surface area contributed by atoms with Gasteiger partial charge in [0.1, 0.15) is 0 Å². The Morgan fingerprint density at radius 2 is 1.77 bits per heavy atom. The van der Waals surface area contributed by atoms with Crippen LogP contribution in [0.3, 0.4) is 0 Å². The van der Waals surface area contributed by atoms with Crippen LogP contribution in [0.5, 0.6) is 0 Å². The van der Waals surface area contributed by atoms with E-state index in [-0.39, 0.29) is 18.0 Å². The summed E-state index contributed by atoms with van der Waals surface area (Å²) in [6, 6.07) is 0. The lowest BCUT2D eigenvalue weighted by molar-refractivity contribution is -0.149. The van der Waals surface area contributed by atoms with Gasteiger partial charge < -0.3 is 15.2 Å².